The summed E-state index contributed by atoms with van der Waals surface area (Å²) in [5.74, 6) is -1.73. The summed E-state index contributed by atoms with van der Waals surface area (Å²) in [7, 11) is 0. The Bertz CT molecular complexity index is 951. The van der Waals surface area contributed by atoms with Crippen LogP contribution in [-0.2, 0) is 46.5 Å². The van der Waals surface area contributed by atoms with Crippen LogP contribution in [0.1, 0.15) is 65.0 Å². The van der Waals surface area contributed by atoms with E-state index in [4.69, 9.17) is 29.2 Å². The van der Waals surface area contributed by atoms with Crippen molar-refractivity contribution in [3.8, 4) is 0 Å². The van der Waals surface area contributed by atoms with Gasteiger partial charge in [-0.1, -0.05) is 81.4 Å². The number of esters is 2. The summed E-state index contributed by atoms with van der Waals surface area (Å²) in [5.41, 5.74) is 2.26. The number of carbonyl (C=O) groups excluding carboxylic acids is 2. The zero-order valence-electron chi connectivity index (χ0n) is 25.8. The molecule has 0 saturated heterocycles. The normalized spacial score (nSPS) is 12.3. The molecule has 0 aromatic heterocycles. The first-order chi connectivity index (χ1) is 20.2. The molecule has 9 heteroatoms. The van der Waals surface area contributed by atoms with E-state index >= 15 is 0 Å². The Morgan fingerprint density at radius 2 is 1.02 bits per heavy atom. The Balaban J connectivity index is 0.000000622. The van der Waals surface area contributed by atoms with E-state index in [-0.39, 0.29) is 36.3 Å². The quantitative estimate of drug-likeness (QED) is 0.177. The molecule has 0 unspecified atom stereocenters. The number of carboxylic acid groups (broad SMARTS) is 1. The Kier molecular flexibility index (Phi) is 23.5. The van der Waals surface area contributed by atoms with Crippen molar-refractivity contribution in [2.45, 2.75) is 67.1 Å². The predicted molar refractivity (Wildman–Crippen MR) is 162 cm³/mol. The molecule has 0 aliphatic rings. The molecule has 0 bridgehead atoms. The summed E-state index contributed by atoms with van der Waals surface area (Å²) in [4.78, 5) is 32.6. The molecular formula is C33H50O9. The van der Waals surface area contributed by atoms with Crippen LogP contribution >= 0.6 is 0 Å². The van der Waals surface area contributed by atoms with E-state index in [9.17, 15) is 14.4 Å². The molecule has 236 valence electrons. The molecule has 0 aliphatic heterocycles. The lowest BCUT2D eigenvalue weighted by atomic mass is 10.1. The van der Waals surface area contributed by atoms with Crippen molar-refractivity contribution in [2.75, 3.05) is 33.0 Å². The maximum Gasteiger partial charge on any atom is 0.308 e. The second-order valence-electron chi connectivity index (χ2n) is 9.71. The topological polar surface area (TPSA) is 129 Å². The third-order valence-corrected chi connectivity index (χ3v) is 5.98. The van der Waals surface area contributed by atoms with Gasteiger partial charge in [-0.3, -0.25) is 14.4 Å². The van der Waals surface area contributed by atoms with Gasteiger partial charge in [-0.15, -0.1) is 0 Å². The Morgan fingerprint density at radius 3 is 1.38 bits per heavy atom. The van der Waals surface area contributed by atoms with Crippen LogP contribution in [-0.4, -0.2) is 61.2 Å². The van der Waals surface area contributed by atoms with Gasteiger partial charge in [-0.2, -0.15) is 0 Å². The van der Waals surface area contributed by atoms with Crippen molar-refractivity contribution in [1.82, 2.24) is 0 Å². The molecule has 0 saturated carbocycles. The lowest BCUT2D eigenvalue weighted by molar-refractivity contribution is -0.148. The molecule has 0 radical (unpaired) electrons. The van der Waals surface area contributed by atoms with Gasteiger partial charge in [0.25, 0.3) is 0 Å². The molecular weight excluding hydrogens is 540 g/mol. The second-order valence-corrected chi connectivity index (χ2v) is 9.71. The van der Waals surface area contributed by atoms with E-state index in [1.807, 2.05) is 74.5 Å². The SMILES string of the molecule is CCOC(=O)[C@H](C)CCO.CCOC(=O)[C@H](C)CCOCc1ccccc1.C[C@H](CCOCc1ccccc1)C(=O)O. The average molecular weight is 591 g/mol. The van der Waals surface area contributed by atoms with Crippen molar-refractivity contribution in [2.24, 2.45) is 17.8 Å². The van der Waals surface area contributed by atoms with Gasteiger partial charge >= 0.3 is 17.9 Å². The largest absolute Gasteiger partial charge is 0.481 e. The minimum atomic E-state index is -0.765. The monoisotopic (exact) mass is 590 g/mol. The molecule has 0 fully saturated rings. The maximum absolute atomic E-state index is 11.3. The van der Waals surface area contributed by atoms with Crippen LogP contribution in [0.25, 0.3) is 0 Å². The minimum absolute atomic E-state index is 0.0416. The van der Waals surface area contributed by atoms with Crippen LogP contribution in [0.2, 0.25) is 0 Å². The molecule has 2 aromatic rings. The Morgan fingerprint density at radius 1 is 0.643 bits per heavy atom. The Hall–Kier alpha value is -3.27. The molecule has 3 atom stereocenters. The second kappa shape index (κ2) is 25.4. The third-order valence-electron chi connectivity index (χ3n) is 5.98. The van der Waals surface area contributed by atoms with Crippen LogP contribution in [0, 0.1) is 17.8 Å². The molecule has 42 heavy (non-hydrogen) atoms. The molecule has 9 nitrogen and oxygen atoms in total. The fourth-order valence-corrected chi connectivity index (χ4v) is 3.17. The van der Waals surface area contributed by atoms with Gasteiger partial charge in [0.1, 0.15) is 0 Å². The van der Waals surface area contributed by atoms with Gasteiger partial charge in [-0.05, 0) is 44.2 Å². The summed E-state index contributed by atoms with van der Waals surface area (Å²) in [6.07, 6.45) is 1.74. The number of aliphatic carboxylic acids is 1. The highest BCUT2D eigenvalue weighted by Gasteiger charge is 2.13. The summed E-state index contributed by atoms with van der Waals surface area (Å²) in [5, 5.41) is 17.1. The fraction of sp³-hybridized carbons (Fsp3) is 0.545. The number of rotatable bonds is 17. The molecule has 0 heterocycles. The molecule has 0 aliphatic carbocycles. The molecule has 2 N–H and O–H groups in total. The van der Waals surface area contributed by atoms with E-state index in [0.29, 0.717) is 58.9 Å². The average Bonchev–Trinajstić information content (AvgIpc) is 2.99. The van der Waals surface area contributed by atoms with Gasteiger partial charge < -0.3 is 29.2 Å². The van der Waals surface area contributed by atoms with E-state index < -0.39 is 5.97 Å². The first-order valence-corrected chi connectivity index (χ1v) is 14.6. The van der Waals surface area contributed by atoms with Gasteiger partial charge in [0.05, 0.1) is 44.2 Å². The number of aliphatic hydroxyl groups excluding tert-OH is 1. The third kappa shape index (κ3) is 20.6. The van der Waals surface area contributed by atoms with Crippen LogP contribution in [0.4, 0.5) is 0 Å². The van der Waals surface area contributed by atoms with E-state index in [0.717, 1.165) is 11.1 Å². The fourth-order valence-electron chi connectivity index (χ4n) is 3.17. The summed E-state index contributed by atoms with van der Waals surface area (Å²) in [6, 6.07) is 19.8. The number of carboxylic acids is 1. The van der Waals surface area contributed by atoms with Crippen molar-refractivity contribution in [3.05, 3.63) is 71.8 Å². The number of ether oxygens (including phenoxy) is 4. The lowest BCUT2D eigenvalue weighted by Gasteiger charge is -2.10. The highest BCUT2D eigenvalue weighted by Crippen LogP contribution is 2.07. The number of hydrogen-bond donors (Lipinski definition) is 2. The maximum atomic E-state index is 11.3. The molecule has 0 spiro atoms. The summed E-state index contributed by atoms with van der Waals surface area (Å²) >= 11 is 0. The summed E-state index contributed by atoms with van der Waals surface area (Å²) in [6.45, 7) is 12.0. The predicted octanol–water partition coefficient (Wildman–Crippen LogP) is 5.67. The zero-order chi connectivity index (χ0) is 31.6. The smallest absolute Gasteiger partial charge is 0.308 e. The first-order valence-electron chi connectivity index (χ1n) is 14.6. The highest BCUT2D eigenvalue weighted by atomic mass is 16.5. The lowest BCUT2D eigenvalue weighted by Crippen LogP contribution is -2.16. The number of hydrogen-bond acceptors (Lipinski definition) is 8. The highest BCUT2D eigenvalue weighted by molar-refractivity contribution is 5.72. The molecule has 0 amide bonds. The van der Waals surface area contributed by atoms with E-state index in [2.05, 4.69) is 0 Å². The molecule has 2 aromatic carbocycles. The minimum Gasteiger partial charge on any atom is -0.481 e. The van der Waals surface area contributed by atoms with Crippen LogP contribution < -0.4 is 0 Å². The number of carbonyl (C=O) groups is 3. The van der Waals surface area contributed by atoms with Crippen LogP contribution in [0.3, 0.4) is 0 Å². The zero-order valence-corrected chi connectivity index (χ0v) is 25.8. The van der Waals surface area contributed by atoms with E-state index in [1.165, 1.54) is 0 Å². The van der Waals surface area contributed by atoms with Gasteiger partial charge in [0, 0.05) is 19.8 Å². The van der Waals surface area contributed by atoms with Gasteiger partial charge in [0.15, 0.2) is 0 Å². The van der Waals surface area contributed by atoms with Crippen LogP contribution in [0.15, 0.2) is 60.7 Å². The van der Waals surface area contributed by atoms with Crippen molar-refractivity contribution < 1.29 is 43.5 Å². The summed E-state index contributed by atoms with van der Waals surface area (Å²) < 4.78 is 20.5. The molecule has 2 rings (SSSR count). The van der Waals surface area contributed by atoms with Crippen molar-refractivity contribution in [3.63, 3.8) is 0 Å². The number of aliphatic hydroxyl groups is 1. The van der Waals surface area contributed by atoms with Gasteiger partial charge in [0.2, 0.25) is 0 Å². The van der Waals surface area contributed by atoms with Gasteiger partial charge in [-0.25, -0.2) is 0 Å². The van der Waals surface area contributed by atoms with Crippen molar-refractivity contribution in [1.29, 1.82) is 0 Å². The van der Waals surface area contributed by atoms with E-state index in [1.54, 1.807) is 20.8 Å². The first kappa shape index (κ1) is 38.7. The van der Waals surface area contributed by atoms with Crippen molar-refractivity contribution >= 4 is 17.9 Å². The number of benzene rings is 2. The van der Waals surface area contributed by atoms with Crippen LogP contribution in [0.5, 0.6) is 0 Å². The standard InChI is InChI=1S/C14H20O3.C12H16O3.C7H14O3/c1-3-17-14(15)12(2)9-10-16-11-13-7-5-4-6-8-13;1-10(12(13)14)7-8-15-9-11-5-3-2-4-6-11;1-3-10-7(9)6(2)4-5-8/h4-8,12H,3,9-11H2,1-2H3;2-6,10H,7-9H2,1H3,(H,13,14);6,8H,3-5H2,1-2H3/t12-;10-;6-/m111/s1. The Labute approximate surface area is 251 Å².